The Morgan fingerprint density at radius 3 is 2.36 bits per heavy atom. The molecule has 2 atom stereocenters. The van der Waals surface area contributed by atoms with E-state index in [4.69, 9.17) is 5.73 Å². The van der Waals surface area contributed by atoms with Gasteiger partial charge in [-0.1, -0.05) is 51.9 Å². The second-order valence-corrected chi connectivity index (χ2v) is 4.91. The first-order chi connectivity index (χ1) is 6.84. The summed E-state index contributed by atoms with van der Waals surface area (Å²) in [5, 5.41) is 0. The van der Waals surface area contributed by atoms with E-state index in [1.54, 1.807) is 0 Å². The van der Waals surface area contributed by atoms with E-state index in [0.717, 1.165) is 5.92 Å². The van der Waals surface area contributed by atoms with Gasteiger partial charge < -0.3 is 5.73 Å². The van der Waals surface area contributed by atoms with Crippen LogP contribution in [0, 0.1) is 5.92 Å². The van der Waals surface area contributed by atoms with Gasteiger partial charge in [0.25, 0.3) is 0 Å². The van der Waals surface area contributed by atoms with Crippen molar-refractivity contribution in [3.8, 4) is 0 Å². The Morgan fingerprint density at radius 1 is 1.00 bits per heavy atom. The van der Waals surface area contributed by atoms with Gasteiger partial charge in [0.05, 0.1) is 0 Å². The fourth-order valence-electron chi connectivity index (χ4n) is 2.59. The molecule has 0 aliphatic heterocycles. The van der Waals surface area contributed by atoms with Crippen molar-refractivity contribution in [3.05, 3.63) is 0 Å². The molecule has 0 heterocycles. The van der Waals surface area contributed by atoms with E-state index in [0.29, 0.717) is 6.04 Å². The van der Waals surface area contributed by atoms with Crippen LogP contribution in [0.25, 0.3) is 0 Å². The van der Waals surface area contributed by atoms with E-state index in [2.05, 4.69) is 6.92 Å². The Labute approximate surface area is 89.5 Å². The molecule has 0 bridgehead atoms. The Kier molecular flexibility index (Phi) is 6.25. The number of rotatable bonds is 3. The molecular formula is C13H27N. The maximum Gasteiger partial charge on any atom is 0.00671 e. The fraction of sp³-hybridized carbons (Fsp3) is 1.00. The van der Waals surface area contributed by atoms with E-state index < -0.39 is 0 Å². The third kappa shape index (κ3) is 4.45. The van der Waals surface area contributed by atoms with Gasteiger partial charge in [-0.05, 0) is 25.2 Å². The van der Waals surface area contributed by atoms with Gasteiger partial charge in [-0.25, -0.2) is 0 Å². The molecule has 1 fully saturated rings. The lowest BCUT2D eigenvalue weighted by molar-refractivity contribution is 0.339. The van der Waals surface area contributed by atoms with Crippen molar-refractivity contribution in [1.82, 2.24) is 0 Å². The Bertz CT molecular complexity index is 133. The zero-order valence-corrected chi connectivity index (χ0v) is 9.80. The Morgan fingerprint density at radius 2 is 1.64 bits per heavy atom. The molecule has 14 heavy (non-hydrogen) atoms. The van der Waals surface area contributed by atoms with Gasteiger partial charge in [0.15, 0.2) is 0 Å². The third-order valence-electron chi connectivity index (χ3n) is 3.65. The van der Waals surface area contributed by atoms with Crippen LogP contribution in [0.4, 0.5) is 0 Å². The molecule has 1 heteroatoms. The van der Waals surface area contributed by atoms with Gasteiger partial charge >= 0.3 is 0 Å². The molecule has 0 saturated heterocycles. The van der Waals surface area contributed by atoms with Crippen LogP contribution in [0.2, 0.25) is 0 Å². The second kappa shape index (κ2) is 7.28. The van der Waals surface area contributed by atoms with E-state index in [9.17, 15) is 0 Å². The first-order valence-electron chi connectivity index (χ1n) is 6.60. The van der Waals surface area contributed by atoms with E-state index in [1.807, 2.05) is 0 Å². The summed E-state index contributed by atoms with van der Waals surface area (Å²) in [6, 6.07) is 0.500. The highest BCUT2D eigenvalue weighted by Gasteiger charge is 2.17. The maximum atomic E-state index is 6.26. The molecule has 0 aromatic rings. The van der Waals surface area contributed by atoms with Crippen molar-refractivity contribution in [2.24, 2.45) is 11.7 Å². The summed E-state index contributed by atoms with van der Waals surface area (Å²) < 4.78 is 0. The van der Waals surface area contributed by atoms with Crippen molar-refractivity contribution in [2.45, 2.75) is 77.2 Å². The first-order valence-corrected chi connectivity index (χ1v) is 6.60. The largest absolute Gasteiger partial charge is 0.327 e. The normalized spacial score (nSPS) is 30.4. The van der Waals surface area contributed by atoms with Crippen LogP contribution < -0.4 is 5.73 Å². The summed E-state index contributed by atoms with van der Waals surface area (Å²) in [6.45, 7) is 2.28. The number of unbranched alkanes of at least 4 members (excludes halogenated alkanes) is 1. The van der Waals surface area contributed by atoms with Gasteiger partial charge in [0.1, 0.15) is 0 Å². The molecule has 1 nitrogen and oxygen atoms in total. The van der Waals surface area contributed by atoms with Crippen LogP contribution in [-0.2, 0) is 0 Å². The fourth-order valence-corrected chi connectivity index (χ4v) is 2.59. The summed E-state index contributed by atoms with van der Waals surface area (Å²) >= 11 is 0. The molecule has 0 radical (unpaired) electrons. The molecule has 84 valence electrons. The lowest BCUT2D eigenvalue weighted by atomic mass is 9.88. The zero-order chi connectivity index (χ0) is 10.2. The van der Waals surface area contributed by atoms with E-state index in [-0.39, 0.29) is 0 Å². The third-order valence-corrected chi connectivity index (χ3v) is 3.65. The van der Waals surface area contributed by atoms with Crippen LogP contribution in [0.15, 0.2) is 0 Å². The van der Waals surface area contributed by atoms with Crippen LogP contribution in [0.5, 0.6) is 0 Å². The Hall–Kier alpha value is -0.0400. The van der Waals surface area contributed by atoms with Gasteiger partial charge in [-0.15, -0.1) is 0 Å². The molecule has 0 aromatic heterocycles. The first kappa shape index (κ1) is 12.0. The van der Waals surface area contributed by atoms with Crippen molar-refractivity contribution in [1.29, 1.82) is 0 Å². The van der Waals surface area contributed by atoms with Gasteiger partial charge in [0, 0.05) is 6.04 Å². The smallest absolute Gasteiger partial charge is 0.00671 e. The molecule has 1 aliphatic carbocycles. The molecule has 2 unspecified atom stereocenters. The quantitative estimate of drug-likeness (QED) is 0.730. The van der Waals surface area contributed by atoms with Crippen LogP contribution >= 0.6 is 0 Å². The van der Waals surface area contributed by atoms with Crippen LogP contribution in [0.3, 0.4) is 0 Å². The minimum absolute atomic E-state index is 0.500. The van der Waals surface area contributed by atoms with Crippen molar-refractivity contribution >= 4 is 0 Å². The van der Waals surface area contributed by atoms with Gasteiger partial charge in [0.2, 0.25) is 0 Å². The zero-order valence-electron chi connectivity index (χ0n) is 9.80. The molecule has 2 N–H and O–H groups in total. The van der Waals surface area contributed by atoms with Crippen molar-refractivity contribution in [2.75, 3.05) is 0 Å². The van der Waals surface area contributed by atoms with Gasteiger partial charge in [-0.3, -0.25) is 0 Å². The standard InChI is InChI=1S/C13H27N/c1-2-3-9-12-10-7-5-4-6-8-11-13(12)14/h12-13H,2-11,14H2,1H3. The summed E-state index contributed by atoms with van der Waals surface area (Å²) in [5.41, 5.74) is 6.26. The molecule has 1 aliphatic rings. The van der Waals surface area contributed by atoms with Crippen LogP contribution in [-0.4, -0.2) is 6.04 Å². The molecule has 0 spiro atoms. The highest BCUT2D eigenvalue weighted by molar-refractivity contribution is 4.74. The molecule has 1 rings (SSSR count). The van der Waals surface area contributed by atoms with Crippen molar-refractivity contribution < 1.29 is 0 Å². The number of nitrogens with two attached hydrogens (primary N) is 1. The summed E-state index contributed by atoms with van der Waals surface area (Å²) in [7, 11) is 0. The van der Waals surface area contributed by atoms with E-state index in [1.165, 1.54) is 64.2 Å². The molecular weight excluding hydrogens is 170 g/mol. The van der Waals surface area contributed by atoms with Crippen molar-refractivity contribution in [3.63, 3.8) is 0 Å². The lowest BCUT2D eigenvalue weighted by Gasteiger charge is -2.22. The molecule has 1 saturated carbocycles. The second-order valence-electron chi connectivity index (χ2n) is 4.91. The lowest BCUT2D eigenvalue weighted by Crippen LogP contribution is -2.29. The van der Waals surface area contributed by atoms with Gasteiger partial charge in [-0.2, -0.15) is 0 Å². The average molecular weight is 197 g/mol. The Balaban J connectivity index is 2.32. The highest BCUT2D eigenvalue weighted by Crippen LogP contribution is 2.25. The monoisotopic (exact) mass is 197 g/mol. The maximum absolute atomic E-state index is 6.26. The summed E-state index contributed by atoms with van der Waals surface area (Å²) in [4.78, 5) is 0. The SMILES string of the molecule is CCCCC1CCCCCCCC1N. The number of hydrogen-bond acceptors (Lipinski definition) is 1. The predicted octanol–water partition coefficient (Wildman–Crippen LogP) is 3.86. The topological polar surface area (TPSA) is 26.0 Å². The predicted molar refractivity (Wildman–Crippen MR) is 63.3 cm³/mol. The van der Waals surface area contributed by atoms with Crippen LogP contribution in [0.1, 0.15) is 71.1 Å². The average Bonchev–Trinajstić information content (AvgIpc) is 2.28. The summed E-state index contributed by atoms with van der Waals surface area (Å²) in [5.74, 6) is 0.827. The minimum atomic E-state index is 0.500. The number of hydrogen-bond donors (Lipinski definition) is 1. The summed E-state index contributed by atoms with van der Waals surface area (Å²) in [6.07, 6.45) is 13.8. The van der Waals surface area contributed by atoms with E-state index >= 15 is 0 Å². The molecule has 0 amide bonds. The highest BCUT2D eigenvalue weighted by atomic mass is 14.6. The minimum Gasteiger partial charge on any atom is -0.327 e. The molecule has 0 aromatic carbocycles.